The van der Waals surface area contributed by atoms with Crippen molar-refractivity contribution in [1.29, 1.82) is 0 Å². The van der Waals surface area contributed by atoms with E-state index < -0.39 is 0 Å². The van der Waals surface area contributed by atoms with E-state index in [0.29, 0.717) is 30.0 Å². The molecule has 1 aromatic carbocycles. The van der Waals surface area contributed by atoms with Crippen molar-refractivity contribution in [3.8, 4) is 0 Å². The zero-order valence-electron chi connectivity index (χ0n) is 14.5. The van der Waals surface area contributed by atoms with E-state index >= 15 is 0 Å². The number of carbonyl (C=O) groups is 2. The van der Waals surface area contributed by atoms with Gasteiger partial charge >= 0.3 is 0 Å². The van der Waals surface area contributed by atoms with Crippen LogP contribution in [0, 0.1) is 5.92 Å². The minimum atomic E-state index is -0.0898. The van der Waals surface area contributed by atoms with Gasteiger partial charge in [0.1, 0.15) is 0 Å². The van der Waals surface area contributed by atoms with Crippen LogP contribution in [0.4, 0.5) is 5.69 Å². The molecule has 2 bridgehead atoms. The molecule has 5 nitrogen and oxygen atoms in total. The number of carbonyl (C=O) groups excluding carboxylic acids is 2. The van der Waals surface area contributed by atoms with Crippen LogP contribution in [0.5, 0.6) is 0 Å². The number of hydrogen-bond donors (Lipinski definition) is 3. The van der Waals surface area contributed by atoms with E-state index in [1.807, 2.05) is 13.8 Å². The molecule has 3 rings (SSSR count). The molecule has 1 aromatic rings. The third-order valence-electron chi connectivity index (χ3n) is 4.90. The monoisotopic (exact) mass is 329 g/mol. The van der Waals surface area contributed by atoms with Gasteiger partial charge in [0.25, 0.3) is 5.91 Å². The third kappa shape index (κ3) is 4.35. The lowest BCUT2D eigenvalue weighted by Gasteiger charge is -2.28. The second-order valence-electron chi connectivity index (χ2n) is 7.43. The van der Waals surface area contributed by atoms with E-state index in [9.17, 15) is 9.59 Å². The van der Waals surface area contributed by atoms with Gasteiger partial charge in [-0.15, -0.1) is 0 Å². The molecule has 2 aliphatic rings. The number of anilines is 1. The van der Waals surface area contributed by atoms with Crippen molar-refractivity contribution in [2.24, 2.45) is 5.92 Å². The van der Waals surface area contributed by atoms with E-state index in [1.165, 1.54) is 12.8 Å². The van der Waals surface area contributed by atoms with Gasteiger partial charge in [0.05, 0.1) is 0 Å². The first-order valence-corrected chi connectivity index (χ1v) is 8.96. The standard InChI is InChI=1S/C19H27N3O2/c1-12(2)20-19(24)14-3-5-15(6-4-14)22-18(23)11-13-9-16-7-8-17(10-13)21-16/h3-6,12-13,16-17,21H,7-11H2,1-2H3,(H,20,24)(H,22,23). The van der Waals surface area contributed by atoms with Gasteiger partial charge in [-0.25, -0.2) is 0 Å². The summed E-state index contributed by atoms with van der Waals surface area (Å²) in [4.78, 5) is 24.2. The Kier molecular flexibility index (Phi) is 5.19. The number of amides is 2. The molecule has 2 unspecified atom stereocenters. The highest BCUT2D eigenvalue weighted by atomic mass is 16.2. The molecule has 2 heterocycles. The lowest BCUT2D eigenvalue weighted by Crippen LogP contribution is -2.39. The first kappa shape index (κ1) is 17.0. The van der Waals surface area contributed by atoms with Crippen LogP contribution in [0.3, 0.4) is 0 Å². The molecule has 0 radical (unpaired) electrons. The summed E-state index contributed by atoms with van der Waals surface area (Å²) in [5.41, 5.74) is 1.36. The maximum atomic E-state index is 12.3. The highest BCUT2D eigenvalue weighted by molar-refractivity contribution is 5.95. The van der Waals surface area contributed by atoms with Crippen LogP contribution in [0.1, 0.15) is 56.3 Å². The van der Waals surface area contributed by atoms with Crippen LogP contribution in [-0.2, 0) is 4.79 Å². The fourth-order valence-corrected chi connectivity index (χ4v) is 3.87. The van der Waals surface area contributed by atoms with Crippen molar-refractivity contribution in [2.75, 3.05) is 5.32 Å². The molecule has 0 spiro atoms. The Morgan fingerprint density at radius 1 is 1.12 bits per heavy atom. The van der Waals surface area contributed by atoms with Gasteiger partial charge in [-0.05, 0) is 69.7 Å². The fraction of sp³-hybridized carbons (Fsp3) is 0.579. The molecule has 130 valence electrons. The largest absolute Gasteiger partial charge is 0.350 e. The van der Waals surface area contributed by atoms with E-state index in [4.69, 9.17) is 0 Å². The van der Waals surface area contributed by atoms with Crippen molar-refractivity contribution in [3.05, 3.63) is 29.8 Å². The van der Waals surface area contributed by atoms with Crippen LogP contribution >= 0.6 is 0 Å². The highest BCUT2D eigenvalue weighted by Crippen LogP contribution is 2.32. The molecular weight excluding hydrogens is 302 g/mol. The summed E-state index contributed by atoms with van der Waals surface area (Å²) < 4.78 is 0. The summed E-state index contributed by atoms with van der Waals surface area (Å²) in [5, 5.41) is 9.41. The fourth-order valence-electron chi connectivity index (χ4n) is 3.87. The van der Waals surface area contributed by atoms with Gasteiger partial charge in [0, 0.05) is 35.8 Å². The number of rotatable bonds is 5. The number of hydrogen-bond acceptors (Lipinski definition) is 3. The third-order valence-corrected chi connectivity index (χ3v) is 4.90. The number of benzene rings is 1. The van der Waals surface area contributed by atoms with E-state index in [0.717, 1.165) is 18.5 Å². The summed E-state index contributed by atoms with van der Waals surface area (Å²) in [5.74, 6) is 0.466. The highest BCUT2D eigenvalue weighted by Gasteiger charge is 2.34. The SMILES string of the molecule is CC(C)NC(=O)c1ccc(NC(=O)CC2CC3CCC(C2)N3)cc1. The summed E-state index contributed by atoms with van der Waals surface area (Å²) >= 11 is 0. The number of fused-ring (bicyclic) bond motifs is 2. The molecular formula is C19H27N3O2. The minimum Gasteiger partial charge on any atom is -0.350 e. The van der Waals surface area contributed by atoms with Crippen LogP contribution in [0.25, 0.3) is 0 Å². The molecule has 5 heteroatoms. The quantitative estimate of drug-likeness (QED) is 0.778. The molecule has 2 aliphatic heterocycles. The number of piperidine rings is 1. The zero-order chi connectivity index (χ0) is 17.1. The maximum Gasteiger partial charge on any atom is 0.251 e. The molecule has 2 atom stereocenters. The lowest BCUT2D eigenvalue weighted by atomic mass is 9.89. The zero-order valence-corrected chi connectivity index (χ0v) is 14.5. The number of nitrogens with one attached hydrogen (secondary N) is 3. The van der Waals surface area contributed by atoms with Crippen molar-refractivity contribution >= 4 is 17.5 Å². The van der Waals surface area contributed by atoms with Crippen LogP contribution in [0.2, 0.25) is 0 Å². The Morgan fingerprint density at radius 2 is 1.75 bits per heavy atom. The topological polar surface area (TPSA) is 70.2 Å². The average Bonchev–Trinajstić information content (AvgIpc) is 2.86. The molecule has 2 fully saturated rings. The summed E-state index contributed by atoms with van der Waals surface area (Å²) in [6, 6.07) is 8.41. The van der Waals surface area contributed by atoms with Crippen molar-refractivity contribution in [2.45, 2.75) is 64.1 Å². The Balaban J connectivity index is 1.50. The second kappa shape index (κ2) is 7.34. The van der Waals surface area contributed by atoms with Crippen molar-refractivity contribution in [1.82, 2.24) is 10.6 Å². The predicted molar refractivity (Wildman–Crippen MR) is 95.0 cm³/mol. The van der Waals surface area contributed by atoms with E-state index in [1.54, 1.807) is 24.3 Å². The second-order valence-corrected chi connectivity index (χ2v) is 7.43. The Hall–Kier alpha value is -1.88. The van der Waals surface area contributed by atoms with Gasteiger partial charge < -0.3 is 16.0 Å². The van der Waals surface area contributed by atoms with Crippen LogP contribution in [-0.4, -0.2) is 29.9 Å². The molecule has 0 aromatic heterocycles. The molecule has 2 saturated heterocycles. The van der Waals surface area contributed by atoms with E-state index in [2.05, 4.69) is 16.0 Å². The summed E-state index contributed by atoms with van der Waals surface area (Å²) in [6.45, 7) is 3.86. The van der Waals surface area contributed by atoms with Gasteiger partial charge in [-0.3, -0.25) is 9.59 Å². The molecule has 2 amide bonds. The Morgan fingerprint density at radius 3 is 2.33 bits per heavy atom. The molecule has 3 N–H and O–H groups in total. The Bertz CT molecular complexity index is 585. The van der Waals surface area contributed by atoms with E-state index in [-0.39, 0.29) is 17.9 Å². The summed E-state index contributed by atoms with van der Waals surface area (Å²) in [7, 11) is 0. The van der Waals surface area contributed by atoms with Crippen molar-refractivity contribution in [3.63, 3.8) is 0 Å². The van der Waals surface area contributed by atoms with Gasteiger partial charge in [0.2, 0.25) is 5.91 Å². The molecule has 0 aliphatic carbocycles. The van der Waals surface area contributed by atoms with Gasteiger partial charge in [0.15, 0.2) is 0 Å². The first-order valence-electron chi connectivity index (χ1n) is 8.96. The lowest BCUT2D eigenvalue weighted by molar-refractivity contribution is -0.117. The summed E-state index contributed by atoms with van der Waals surface area (Å²) in [6.07, 6.45) is 5.31. The van der Waals surface area contributed by atoms with Crippen LogP contribution < -0.4 is 16.0 Å². The van der Waals surface area contributed by atoms with Crippen molar-refractivity contribution < 1.29 is 9.59 Å². The smallest absolute Gasteiger partial charge is 0.251 e. The predicted octanol–water partition coefficient (Wildman–Crippen LogP) is 2.68. The average molecular weight is 329 g/mol. The molecule has 0 saturated carbocycles. The maximum absolute atomic E-state index is 12.3. The van der Waals surface area contributed by atoms with Gasteiger partial charge in [-0.2, -0.15) is 0 Å². The Labute approximate surface area is 143 Å². The normalized spacial score (nSPS) is 25.5. The van der Waals surface area contributed by atoms with Gasteiger partial charge in [-0.1, -0.05) is 0 Å². The molecule has 24 heavy (non-hydrogen) atoms. The van der Waals surface area contributed by atoms with Crippen LogP contribution in [0.15, 0.2) is 24.3 Å². The first-order chi connectivity index (χ1) is 11.5. The minimum absolute atomic E-state index is 0.0701.